The number of hydrogen-bond acceptors (Lipinski definition) is 1. The van der Waals surface area contributed by atoms with Crippen LogP contribution in [0.3, 0.4) is 0 Å². The van der Waals surface area contributed by atoms with Gasteiger partial charge in [0, 0.05) is 5.56 Å². The molecule has 0 aromatic heterocycles. The Morgan fingerprint density at radius 2 is 1.81 bits per heavy atom. The van der Waals surface area contributed by atoms with Crippen molar-refractivity contribution in [1.82, 2.24) is 0 Å². The van der Waals surface area contributed by atoms with Gasteiger partial charge in [0.25, 0.3) is 0 Å². The minimum absolute atomic E-state index is 0.774. The summed E-state index contributed by atoms with van der Waals surface area (Å²) in [5, 5.41) is 9.50. The van der Waals surface area contributed by atoms with E-state index in [1.165, 1.54) is 24.8 Å². The van der Waals surface area contributed by atoms with Crippen molar-refractivity contribution in [3.05, 3.63) is 35.4 Å². The lowest BCUT2D eigenvalue weighted by Crippen LogP contribution is -2.14. The first-order valence-electron chi connectivity index (χ1n) is 5.90. The topological polar surface area (TPSA) is 20.2 Å². The van der Waals surface area contributed by atoms with Gasteiger partial charge in [-0.05, 0) is 50.3 Å². The van der Waals surface area contributed by atoms with Crippen molar-refractivity contribution in [2.45, 2.75) is 44.6 Å². The van der Waals surface area contributed by atoms with Gasteiger partial charge in [0.2, 0.25) is 0 Å². The van der Waals surface area contributed by atoms with Crippen LogP contribution in [0.25, 0.3) is 0 Å². The molecular formula is C15H18O. The molecule has 1 N–H and O–H groups in total. The van der Waals surface area contributed by atoms with Crippen LogP contribution in [0.5, 0.6) is 0 Å². The fraction of sp³-hybridized carbons (Fsp3) is 0.467. The van der Waals surface area contributed by atoms with Crippen molar-refractivity contribution in [1.29, 1.82) is 0 Å². The Balaban J connectivity index is 2.09. The zero-order valence-electron chi connectivity index (χ0n) is 9.96. The van der Waals surface area contributed by atoms with Crippen LogP contribution in [0, 0.1) is 11.8 Å². The van der Waals surface area contributed by atoms with E-state index in [-0.39, 0.29) is 0 Å². The second-order valence-corrected chi connectivity index (χ2v) is 5.06. The Bertz CT molecular complexity index is 407. The molecule has 1 aromatic carbocycles. The molecule has 0 spiro atoms. The quantitative estimate of drug-likeness (QED) is 0.712. The van der Waals surface area contributed by atoms with Gasteiger partial charge in [-0.1, -0.05) is 30.4 Å². The summed E-state index contributed by atoms with van der Waals surface area (Å²) < 4.78 is 0. The molecule has 1 aliphatic carbocycles. The van der Waals surface area contributed by atoms with Gasteiger partial charge in [0.05, 0.1) is 0 Å². The van der Waals surface area contributed by atoms with Crippen LogP contribution < -0.4 is 0 Å². The van der Waals surface area contributed by atoms with Crippen LogP contribution in [-0.4, -0.2) is 10.7 Å². The molecule has 0 aliphatic heterocycles. The van der Waals surface area contributed by atoms with Gasteiger partial charge < -0.3 is 5.11 Å². The molecule has 0 atom stereocenters. The van der Waals surface area contributed by atoms with E-state index in [2.05, 4.69) is 24.0 Å². The summed E-state index contributed by atoms with van der Waals surface area (Å²) in [6.45, 7) is 3.39. The maximum atomic E-state index is 9.50. The summed E-state index contributed by atoms with van der Waals surface area (Å²) in [5.74, 6) is 6.58. The van der Waals surface area contributed by atoms with E-state index in [0.29, 0.717) is 0 Å². The average molecular weight is 214 g/mol. The van der Waals surface area contributed by atoms with Gasteiger partial charge in [-0.25, -0.2) is 0 Å². The second-order valence-electron chi connectivity index (χ2n) is 5.06. The third-order valence-corrected chi connectivity index (χ3v) is 3.00. The largest absolute Gasteiger partial charge is 0.378 e. The smallest absolute Gasteiger partial charge is 0.120 e. The molecule has 1 aromatic rings. The maximum absolute atomic E-state index is 9.50. The first-order valence-corrected chi connectivity index (χ1v) is 5.90. The highest BCUT2D eigenvalue weighted by molar-refractivity contribution is 5.38. The first-order chi connectivity index (χ1) is 7.54. The van der Waals surface area contributed by atoms with Crippen molar-refractivity contribution >= 4 is 0 Å². The van der Waals surface area contributed by atoms with E-state index >= 15 is 0 Å². The molecule has 1 nitrogen and oxygen atoms in total. The van der Waals surface area contributed by atoms with E-state index < -0.39 is 5.60 Å². The van der Waals surface area contributed by atoms with E-state index in [1.54, 1.807) is 13.8 Å². The second kappa shape index (κ2) is 4.31. The van der Waals surface area contributed by atoms with E-state index in [4.69, 9.17) is 0 Å². The van der Waals surface area contributed by atoms with Crippen molar-refractivity contribution < 1.29 is 5.11 Å². The van der Waals surface area contributed by atoms with Crippen molar-refractivity contribution in [3.8, 4) is 11.8 Å². The zero-order valence-corrected chi connectivity index (χ0v) is 9.96. The van der Waals surface area contributed by atoms with Gasteiger partial charge >= 0.3 is 0 Å². The third kappa shape index (κ3) is 2.87. The molecule has 1 heteroatoms. The molecule has 2 rings (SSSR count). The molecule has 0 unspecified atom stereocenters. The molecule has 0 radical (unpaired) electrons. The summed E-state index contributed by atoms with van der Waals surface area (Å²) in [4.78, 5) is 0. The molecule has 1 aliphatic rings. The molecule has 16 heavy (non-hydrogen) atoms. The average Bonchev–Trinajstić information content (AvgIpc) is 2.13. The van der Waals surface area contributed by atoms with Crippen LogP contribution in [0.1, 0.15) is 50.2 Å². The summed E-state index contributed by atoms with van der Waals surface area (Å²) in [5.41, 5.74) is 1.50. The Labute approximate surface area is 97.5 Å². The highest BCUT2D eigenvalue weighted by Gasteiger charge is 2.18. The molecule has 0 saturated heterocycles. The zero-order chi connectivity index (χ0) is 11.6. The Morgan fingerprint density at radius 3 is 2.25 bits per heavy atom. The van der Waals surface area contributed by atoms with Crippen molar-refractivity contribution in [2.75, 3.05) is 0 Å². The molecule has 0 bridgehead atoms. The van der Waals surface area contributed by atoms with E-state index in [1.807, 2.05) is 12.1 Å². The lowest BCUT2D eigenvalue weighted by Gasteiger charge is -2.25. The maximum Gasteiger partial charge on any atom is 0.120 e. The highest BCUT2D eigenvalue weighted by atomic mass is 16.3. The molecule has 0 heterocycles. The van der Waals surface area contributed by atoms with Crippen LogP contribution in [0.15, 0.2) is 24.3 Å². The van der Waals surface area contributed by atoms with Crippen LogP contribution in [0.4, 0.5) is 0 Å². The molecule has 0 amide bonds. The lowest BCUT2D eigenvalue weighted by molar-refractivity contribution is 0.143. The predicted octanol–water partition coefficient (Wildman–Crippen LogP) is 3.08. The van der Waals surface area contributed by atoms with Gasteiger partial charge in [-0.15, -0.1) is 0 Å². The molecule has 1 fully saturated rings. The number of aliphatic hydroxyl groups is 1. The molecule has 84 valence electrons. The first kappa shape index (κ1) is 11.2. The summed E-state index contributed by atoms with van der Waals surface area (Å²) in [7, 11) is 0. The summed E-state index contributed by atoms with van der Waals surface area (Å²) >= 11 is 0. The predicted molar refractivity (Wildman–Crippen MR) is 66.2 cm³/mol. The number of benzene rings is 1. The van der Waals surface area contributed by atoms with E-state index in [9.17, 15) is 5.11 Å². The third-order valence-electron chi connectivity index (χ3n) is 3.00. The minimum atomic E-state index is -0.910. The standard InChI is InChI=1S/C15H18O/c1-15(2,16)11-10-12-6-8-14(9-7-12)13-4-3-5-13/h6-9,13,16H,3-5H2,1-2H3. The van der Waals surface area contributed by atoms with Gasteiger partial charge in [0.15, 0.2) is 0 Å². The number of hydrogen-bond donors (Lipinski definition) is 1. The van der Waals surface area contributed by atoms with Crippen LogP contribution in [-0.2, 0) is 0 Å². The van der Waals surface area contributed by atoms with Crippen molar-refractivity contribution in [3.63, 3.8) is 0 Å². The summed E-state index contributed by atoms with van der Waals surface area (Å²) in [6.07, 6.45) is 4.02. The van der Waals surface area contributed by atoms with Crippen LogP contribution >= 0.6 is 0 Å². The van der Waals surface area contributed by atoms with Crippen LogP contribution in [0.2, 0.25) is 0 Å². The number of rotatable bonds is 1. The summed E-state index contributed by atoms with van der Waals surface area (Å²) in [6, 6.07) is 8.43. The van der Waals surface area contributed by atoms with Gasteiger partial charge in [-0.3, -0.25) is 0 Å². The Hall–Kier alpha value is -1.26. The van der Waals surface area contributed by atoms with Crippen molar-refractivity contribution in [2.24, 2.45) is 0 Å². The lowest BCUT2D eigenvalue weighted by atomic mass is 9.80. The SMILES string of the molecule is CC(C)(O)C#Cc1ccc(C2CCC2)cc1. The van der Waals surface area contributed by atoms with Gasteiger partial charge in [0.1, 0.15) is 5.60 Å². The highest BCUT2D eigenvalue weighted by Crippen LogP contribution is 2.36. The molecule has 1 saturated carbocycles. The van der Waals surface area contributed by atoms with E-state index in [0.717, 1.165) is 11.5 Å². The Kier molecular flexibility index (Phi) is 3.03. The van der Waals surface area contributed by atoms with Gasteiger partial charge in [-0.2, -0.15) is 0 Å². The monoisotopic (exact) mass is 214 g/mol. The normalized spacial score (nSPS) is 16.2. The minimum Gasteiger partial charge on any atom is -0.378 e. The fourth-order valence-corrected chi connectivity index (χ4v) is 1.81. The molecular weight excluding hydrogens is 196 g/mol. The Morgan fingerprint density at radius 1 is 1.19 bits per heavy atom. The fourth-order valence-electron chi connectivity index (χ4n) is 1.81.